The van der Waals surface area contributed by atoms with Gasteiger partial charge in [0, 0.05) is 7.05 Å². The Balaban J connectivity index is 3.75. The lowest BCUT2D eigenvalue weighted by Gasteiger charge is -2.10. The number of esters is 1. The second-order valence-corrected chi connectivity index (χ2v) is 2.54. The number of carbonyl (C=O) groups excluding carboxylic acids is 1. The zero-order valence-electron chi connectivity index (χ0n) is 7.67. The van der Waals surface area contributed by atoms with Gasteiger partial charge in [-0.05, 0) is 19.4 Å². The minimum absolute atomic E-state index is 0.298. The summed E-state index contributed by atoms with van der Waals surface area (Å²) in [6.45, 7) is 0.491. The molecular formula is C7H16N4O2. The van der Waals surface area contributed by atoms with Gasteiger partial charge in [0.05, 0.1) is 0 Å². The van der Waals surface area contributed by atoms with E-state index in [0.717, 1.165) is 0 Å². The predicted molar refractivity (Wildman–Crippen MR) is 49.1 cm³/mol. The highest BCUT2D eigenvalue weighted by molar-refractivity contribution is 5.88. The van der Waals surface area contributed by atoms with E-state index in [1.54, 1.807) is 0 Å². The van der Waals surface area contributed by atoms with Crippen molar-refractivity contribution < 1.29 is 9.53 Å². The van der Waals surface area contributed by atoms with Gasteiger partial charge >= 0.3 is 5.97 Å². The van der Waals surface area contributed by atoms with Crippen LogP contribution in [0.1, 0.15) is 12.8 Å². The fraction of sp³-hybridized carbons (Fsp3) is 0.714. The average molecular weight is 188 g/mol. The minimum Gasteiger partial charge on any atom is -0.392 e. The third kappa shape index (κ3) is 5.15. The van der Waals surface area contributed by atoms with Crippen molar-refractivity contribution >= 4 is 12.0 Å². The molecule has 0 spiro atoms. The van der Waals surface area contributed by atoms with Gasteiger partial charge in [-0.15, -0.1) is 0 Å². The maximum absolute atomic E-state index is 11.0. The van der Waals surface area contributed by atoms with Crippen LogP contribution in [0.4, 0.5) is 0 Å². The maximum atomic E-state index is 11.0. The Labute approximate surface area is 77.1 Å². The van der Waals surface area contributed by atoms with Crippen molar-refractivity contribution in [1.29, 1.82) is 5.41 Å². The van der Waals surface area contributed by atoms with E-state index in [1.807, 2.05) is 0 Å². The first-order valence-electron chi connectivity index (χ1n) is 4.05. The third-order valence-corrected chi connectivity index (χ3v) is 1.45. The van der Waals surface area contributed by atoms with E-state index < -0.39 is 12.0 Å². The molecule has 6 N–H and O–H groups in total. The van der Waals surface area contributed by atoms with Crippen molar-refractivity contribution in [3.63, 3.8) is 0 Å². The molecule has 0 saturated heterocycles. The zero-order valence-corrected chi connectivity index (χ0v) is 7.67. The smallest absolute Gasteiger partial charge is 0.330 e. The number of nitrogens with one attached hydrogen (secondary N) is 2. The summed E-state index contributed by atoms with van der Waals surface area (Å²) < 4.78 is 4.53. The Morgan fingerprint density at radius 1 is 1.69 bits per heavy atom. The Morgan fingerprint density at radius 2 is 2.31 bits per heavy atom. The van der Waals surface area contributed by atoms with Gasteiger partial charge in [-0.1, -0.05) is 0 Å². The number of hydrogen-bond donors (Lipinski definition) is 4. The summed E-state index contributed by atoms with van der Waals surface area (Å²) in [5.41, 5.74) is 10.7. The molecule has 0 aromatic heterocycles. The van der Waals surface area contributed by atoms with Crippen LogP contribution in [0.3, 0.4) is 0 Å². The number of carbonyl (C=O) groups is 1. The molecule has 76 valence electrons. The molecule has 13 heavy (non-hydrogen) atoms. The third-order valence-electron chi connectivity index (χ3n) is 1.45. The summed E-state index contributed by atoms with van der Waals surface area (Å²) >= 11 is 0. The summed E-state index contributed by atoms with van der Waals surface area (Å²) in [6, 6.07) is -0.995. The molecule has 0 fully saturated rings. The van der Waals surface area contributed by atoms with E-state index in [2.05, 4.69) is 10.1 Å². The predicted octanol–water partition coefficient (Wildman–Crippen LogP) is -1.25. The summed E-state index contributed by atoms with van der Waals surface area (Å²) in [5.74, 6) is -0.604. The Morgan fingerprint density at radius 3 is 2.77 bits per heavy atom. The first-order valence-corrected chi connectivity index (χ1v) is 4.05. The summed E-state index contributed by atoms with van der Waals surface area (Å²) in [7, 11) is 1.49. The van der Waals surface area contributed by atoms with Gasteiger partial charge in [0.2, 0.25) is 0 Å². The molecule has 0 rings (SSSR count). The van der Waals surface area contributed by atoms with Gasteiger partial charge in [0.1, 0.15) is 6.04 Å². The van der Waals surface area contributed by atoms with Crippen molar-refractivity contribution in [2.45, 2.75) is 18.9 Å². The van der Waals surface area contributed by atoms with Crippen LogP contribution < -0.4 is 16.8 Å². The second-order valence-electron chi connectivity index (χ2n) is 2.54. The topological polar surface area (TPSA) is 114 Å². The summed E-state index contributed by atoms with van der Waals surface area (Å²) in [5, 5.41) is 9.37. The van der Waals surface area contributed by atoms with Gasteiger partial charge in [0.15, 0.2) is 0 Å². The quantitative estimate of drug-likeness (QED) is 0.250. The number of nitrogens with two attached hydrogens (primary N) is 2. The van der Waals surface area contributed by atoms with Crippen LogP contribution in [0.2, 0.25) is 0 Å². The lowest BCUT2D eigenvalue weighted by atomic mass is 10.2. The monoisotopic (exact) mass is 188 g/mol. The van der Waals surface area contributed by atoms with Crippen LogP contribution in [0.15, 0.2) is 0 Å². The van der Waals surface area contributed by atoms with Crippen molar-refractivity contribution in [2.75, 3.05) is 13.6 Å². The van der Waals surface area contributed by atoms with Crippen LogP contribution in [0, 0.1) is 5.41 Å². The molecular weight excluding hydrogens is 172 g/mol. The largest absolute Gasteiger partial charge is 0.392 e. The first kappa shape index (κ1) is 11.9. The molecule has 6 nitrogen and oxygen atoms in total. The van der Waals surface area contributed by atoms with E-state index in [0.29, 0.717) is 19.4 Å². The number of hydrogen-bond acceptors (Lipinski definition) is 5. The highest BCUT2D eigenvalue weighted by Crippen LogP contribution is 1.95. The first-order chi connectivity index (χ1) is 6.11. The highest BCUT2D eigenvalue weighted by atomic mass is 16.6. The van der Waals surface area contributed by atoms with Gasteiger partial charge in [-0.25, -0.2) is 4.79 Å². The van der Waals surface area contributed by atoms with Crippen LogP contribution in [-0.2, 0) is 9.53 Å². The lowest BCUT2D eigenvalue weighted by Crippen LogP contribution is -2.36. The average Bonchev–Trinajstić information content (AvgIpc) is 2.13. The van der Waals surface area contributed by atoms with E-state index in [9.17, 15) is 4.79 Å². The molecule has 0 amide bonds. The zero-order chi connectivity index (χ0) is 10.3. The molecule has 0 radical (unpaired) electrons. The van der Waals surface area contributed by atoms with Crippen LogP contribution >= 0.6 is 0 Å². The Kier molecular flexibility index (Phi) is 5.82. The molecule has 0 aromatic carbocycles. The fourth-order valence-electron chi connectivity index (χ4n) is 0.683. The minimum atomic E-state index is -0.697. The molecule has 0 saturated carbocycles. The molecule has 0 aliphatic heterocycles. The lowest BCUT2D eigenvalue weighted by molar-refractivity contribution is -0.137. The molecule has 0 heterocycles. The Hall–Kier alpha value is -1.14. The van der Waals surface area contributed by atoms with Crippen LogP contribution in [-0.4, -0.2) is 31.6 Å². The van der Waals surface area contributed by atoms with Gasteiger partial charge < -0.3 is 21.5 Å². The summed E-state index contributed by atoms with van der Waals surface area (Å²) in [6.07, 6.45) is 1.15. The van der Waals surface area contributed by atoms with Crippen molar-refractivity contribution in [2.24, 2.45) is 11.5 Å². The SMILES string of the molecule is CNC(=N)OC(=O)[C@H](N)CCCN. The van der Waals surface area contributed by atoms with Gasteiger partial charge in [-0.2, -0.15) is 0 Å². The molecule has 1 atom stereocenters. The van der Waals surface area contributed by atoms with E-state index in [1.165, 1.54) is 7.05 Å². The Bertz CT molecular complexity index is 183. The van der Waals surface area contributed by atoms with Crippen molar-refractivity contribution in [3.05, 3.63) is 0 Å². The molecule has 0 aromatic rings. The summed E-state index contributed by atoms with van der Waals surface area (Å²) in [4.78, 5) is 11.0. The standard InChI is InChI=1S/C7H16N4O2/c1-11-7(10)13-6(12)5(9)3-2-4-8/h5H,2-4,8-9H2,1H3,(H2,10,11)/t5-/m1/s1. The molecule has 0 aliphatic carbocycles. The van der Waals surface area contributed by atoms with Crippen molar-refractivity contribution in [3.8, 4) is 0 Å². The van der Waals surface area contributed by atoms with Crippen LogP contribution in [0.5, 0.6) is 0 Å². The number of amidine groups is 1. The number of ether oxygens (including phenoxy) is 1. The molecule has 0 unspecified atom stereocenters. The highest BCUT2D eigenvalue weighted by Gasteiger charge is 2.15. The van der Waals surface area contributed by atoms with Gasteiger partial charge in [0.25, 0.3) is 6.02 Å². The molecule has 0 aliphatic rings. The van der Waals surface area contributed by atoms with E-state index >= 15 is 0 Å². The van der Waals surface area contributed by atoms with Crippen LogP contribution in [0.25, 0.3) is 0 Å². The second kappa shape index (κ2) is 6.38. The molecule has 0 bridgehead atoms. The maximum Gasteiger partial charge on any atom is 0.330 e. The van der Waals surface area contributed by atoms with Gasteiger partial charge in [-0.3, -0.25) is 5.41 Å². The number of rotatable bonds is 4. The fourth-order valence-corrected chi connectivity index (χ4v) is 0.683. The molecule has 6 heteroatoms. The van der Waals surface area contributed by atoms with E-state index in [-0.39, 0.29) is 6.02 Å². The van der Waals surface area contributed by atoms with Crippen molar-refractivity contribution in [1.82, 2.24) is 5.32 Å². The van der Waals surface area contributed by atoms with E-state index in [4.69, 9.17) is 16.9 Å². The normalized spacial score (nSPS) is 11.9.